The smallest absolute Gasteiger partial charge is 0.165 e. The molecule has 72 valence electrons. The number of benzene rings is 2. The van der Waals surface area contributed by atoms with Gasteiger partial charge in [0.15, 0.2) is 11.6 Å². The molecule has 0 saturated heterocycles. The van der Waals surface area contributed by atoms with Gasteiger partial charge < -0.3 is 9.84 Å². The molecule has 0 aliphatic rings. The second-order valence-electron chi connectivity index (χ2n) is 2.99. The first-order valence-electron chi connectivity index (χ1n) is 4.17. The van der Waals surface area contributed by atoms with Crippen molar-refractivity contribution in [3.63, 3.8) is 0 Å². The zero-order chi connectivity index (χ0) is 10.1. The molecular formula is C11H9FO2. The lowest BCUT2D eigenvalue weighted by Gasteiger charge is -2.05. The van der Waals surface area contributed by atoms with Gasteiger partial charge in [0.2, 0.25) is 0 Å². The molecule has 0 spiro atoms. The van der Waals surface area contributed by atoms with Gasteiger partial charge in [0.1, 0.15) is 5.75 Å². The highest BCUT2D eigenvalue weighted by Crippen LogP contribution is 2.29. The number of halogens is 1. The summed E-state index contributed by atoms with van der Waals surface area (Å²) in [5.74, 6) is -0.214. The van der Waals surface area contributed by atoms with Crippen LogP contribution >= 0.6 is 0 Å². The zero-order valence-electron chi connectivity index (χ0n) is 7.62. The van der Waals surface area contributed by atoms with Gasteiger partial charge in [-0.2, -0.15) is 0 Å². The topological polar surface area (TPSA) is 29.5 Å². The number of hydrogen-bond donors (Lipinski definition) is 1. The van der Waals surface area contributed by atoms with Gasteiger partial charge in [-0.05, 0) is 23.6 Å². The average molecular weight is 192 g/mol. The molecular weight excluding hydrogens is 183 g/mol. The predicted molar refractivity (Wildman–Crippen MR) is 52.1 cm³/mol. The fourth-order valence-electron chi connectivity index (χ4n) is 1.42. The monoisotopic (exact) mass is 192 g/mol. The van der Waals surface area contributed by atoms with Crippen molar-refractivity contribution in [3.8, 4) is 11.5 Å². The van der Waals surface area contributed by atoms with Crippen LogP contribution in [0.2, 0.25) is 0 Å². The van der Waals surface area contributed by atoms with Crippen molar-refractivity contribution >= 4 is 10.8 Å². The van der Waals surface area contributed by atoms with Crippen LogP contribution in [0.25, 0.3) is 10.8 Å². The molecule has 1 N–H and O–H groups in total. The van der Waals surface area contributed by atoms with E-state index in [2.05, 4.69) is 0 Å². The number of phenolic OH excluding ortho intramolecular Hbond substituents is 1. The number of rotatable bonds is 1. The Labute approximate surface area is 80.6 Å². The van der Waals surface area contributed by atoms with E-state index in [0.717, 1.165) is 5.39 Å². The molecule has 2 nitrogen and oxygen atoms in total. The van der Waals surface area contributed by atoms with E-state index in [4.69, 9.17) is 4.74 Å². The van der Waals surface area contributed by atoms with Gasteiger partial charge in [-0.1, -0.05) is 12.1 Å². The lowest BCUT2D eigenvalue weighted by atomic mass is 10.1. The lowest BCUT2D eigenvalue weighted by Crippen LogP contribution is -1.88. The van der Waals surface area contributed by atoms with Crippen molar-refractivity contribution in [2.24, 2.45) is 0 Å². The van der Waals surface area contributed by atoms with E-state index >= 15 is 0 Å². The third kappa shape index (κ3) is 1.27. The third-order valence-corrected chi connectivity index (χ3v) is 2.13. The van der Waals surface area contributed by atoms with Crippen molar-refractivity contribution in [1.82, 2.24) is 0 Å². The minimum Gasteiger partial charge on any atom is -0.507 e. The van der Waals surface area contributed by atoms with Gasteiger partial charge in [-0.25, -0.2) is 4.39 Å². The van der Waals surface area contributed by atoms with E-state index < -0.39 is 5.82 Å². The Kier molecular flexibility index (Phi) is 2.00. The molecule has 2 rings (SSSR count). The predicted octanol–water partition coefficient (Wildman–Crippen LogP) is 2.69. The second kappa shape index (κ2) is 3.18. The Morgan fingerprint density at radius 3 is 2.79 bits per heavy atom. The summed E-state index contributed by atoms with van der Waals surface area (Å²) >= 11 is 0. The number of hydrogen-bond acceptors (Lipinski definition) is 2. The molecule has 14 heavy (non-hydrogen) atoms. The van der Waals surface area contributed by atoms with Crippen LogP contribution in [0.15, 0.2) is 30.3 Å². The first-order chi connectivity index (χ1) is 6.72. The minimum atomic E-state index is -0.471. The number of aromatic hydroxyl groups is 1. The Bertz CT molecular complexity index is 480. The van der Waals surface area contributed by atoms with Crippen LogP contribution in [-0.2, 0) is 0 Å². The number of ether oxygens (including phenoxy) is 1. The van der Waals surface area contributed by atoms with E-state index in [1.54, 1.807) is 18.2 Å². The summed E-state index contributed by atoms with van der Waals surface area (Å²) in [5, 5.41) is 10.7. The van der Waals surface area contributed by atoms with Crippen molar-refractivity contribution in [2.45, 2.75) is 0 Å². The van der Waals surface area contributed by atoms with Crippen LogP contribution in [-0.4, -0.2) is 12.2 Å². The Hall–Kier alpha value is -1.77. The van der Waals surface area contributed by atoms with E-state index in [0.29, 0.717) is 5.39 Å². The first kappa shape index (κ1) is 8.81. The fourth-order valence-corrected chi connectivity index (χ4v) is 1.42. The van der Waals surface area contributed by atoms with Gasteiger partial charge in [0.05, 0.1) is 7.11 Å². The molecule has 0 saturated carbocycles. The molecule has 2 aromatic carbocycles. The van der Waals surface area contributed by atoms with Crippen LogP contribution < -0.4 is 4.74 Å². The molecule has 0 aromatic heterocycles. The highest BCUT2D eigenvalue weighted by Gasteiger charge is 2.06. The van der Waals surface area contributed by atoms with E-state index in [9.17, 15) is 9.50 Å². The quantitative estimate of drug-likeness (QED) is 0.752. The Morgan fingerprint density at radius 2 is 2.07 bits per heavy atom. The van der Waals surface area contributed by atoms with Crippen LogP contribution in [0.4, 0.5) is 4.39 Å². The van der Waals surface area contributed by atoms with Crippen LogP contribution in [0.3, 0.4) is 0 Å². The Balaban J connectivity index is 2.79. The van der Waals surface area contributed by atoms with Crippen LogP contribution in [0, 0.1) is 5.82 Å². The van der Waals surface area contributed by atoms with Gasteiger partial charge in [0.25, 0.3) is 0 Å². The SMILES string of the molecule is COc1cc2cccc(O)c2cc1F. The number of methoxy groups -OCH3 is 1. The Morgan fingerprint density at radius 1 is 1.29 bits per heavy atom. The maximum absolute atomic E-state index is 13.3. The molecule has 0 unspecified atom stereocenters. The van der Waals surface area contributed by atoms with Crippen molar-refractivity contribution in [3.05, 3.63) is 36.1 Å². The molecule has 0 amide bonds. The van der Waals surface area contributed by atoms with Crippen LogP contribution in [0.1, 0.15) is 0 Å². The highest BCUT2D eigenvalue weighted by molar-refractivity contribution is 5.89. The van der Waals surface area contributed by atoms with Crippen molar-refractivity contribution in [1.29, 1.82) is 0 Å². The lowest BCUT2D eigenvalue weighted by molar-refractivity contribution is 0.387. The summed E-state index contributed by atoms with van der Waals surface area (Å²) in [6.45, 7) is 0. The minimum absolute atomic E-state index is 0.0732. The van der Waals surface area contributed by atoms with Gasteiger partial charge >= 0.3 is 0 Å². The number of fused-ring (bicyclic) bond motifs is 1. The first-order valence-corrected chi connectivity index (χ1v) is 4.17. The summed E-state index contributed by atoms with van der Waals surface area (Å²) < 4.78 is 18.1. The van der Waals surface area contributed by atoms with E-state index in [-0.39, 0.29) is 11.5 Å². The van der Waals surface area contributed by atoms with E-state index in [1.807, 2.05) is 0 Å². The molecule has 0 aliphatic heterocycles. The van der Waals surface area contributed by atoms with Gasteiger partial charge in [-0.3, -0.25) is 0 Å². The highest BCUT2D eigenvalue weighted by atomic mass is 19.1. The molecule has 0 bridgehead atoms. The summed E-state index contributed by atoms with van der Waals surface area (Å²) in [4.78, 5) is 0. The third-order valence-electron chi connectivity index (χ3n) is 2.13. The average Bonchev–Trinajstić information content (AvgIpc) is 2.19. The van der Waals surface area contributed by atoms with Crippen molar-refractivity contribution in [2.75, 3.05) is 7.11 Å². The molecule has 0 aliphatic carbocycles. The van der Waals surface area contributed by atoms with Crippen molar-refractivity contribution < 1.29 is 14.2 Å². The van der Waals surface area contributed by atoms with Crippen LogP contribution in [0.5, 0.6) is 11.5 Å². The zero-order valence-corrected chi connectivity index (χ0v) is 7.62. The standard InChI is InChI=1S/C11H9FO2/c1-14-11-5-7-3-2-4-10(13)8(7)6-9(11)12/h2-6,13H,1H3. The van der Waals surface area contributed by atoms with Gasteiger partial charge in [-0.15, -0.1) is 0 Å². The summed E-state index contributed by atoms with van der Waals surface area (Å²) in [6.07, 6.45) is 0. The largest absolute Gasteiger partial charge is 0.507 e. The normalized spacial score (nSPS) is 10.4. The molecule has 0 heterocycles. The summed E-state index contributed by atoms with van der Waals surface area (Å²) in [6, 6.07) is 7.84. The van der Waals surface area contributed by atoms with E-state index in [1.165, 1.54) is 19.2 Å². The number of phenols is 1. The maximum Gasteiger partial charge on any atom is 0.165 e. The summed E-state index contributed by atoms with van der Waals surface area (Å²) in [7, 11) is 1.41. The molecule has 3 heteroatoms. The molecule has 2 aromatic rings. The molecule has 0 radical (unpaired) electrons. The fraction of sp³-hybridized carbons (Fsp3) is 0.0909. The second-order valence-corrected chi connectivity index (χ2v) is 2.99. The summed E-state index contributed by atoms with van der Waals surface area (Å²) in [5.41, 5.74) is 0. The van der Waals surface area contributed by atoms with Gasteiger partial charge in [0, 0.05) is 5.39 Å². The molecule has 0 fully saturated rings. The molecule has 0 atom stereocenters. The maximum atomic E-state index is 13.3.